The molecule has 0 spiro atoms. The lowest BCUT2D eigenvalue weighted by Crippen LogP contribution is -2.35. The fourth-order valence-electron chi connectivity index (χ4n) is 2.53. The summed E-state index contributed by atoms with van der Waals surface area (Å²) in [5, 5.41) is 2.95. The fraction of sp³-hybridized carbons (Fsp3) is 0.316. The lowest BCUT2D eigenvalue weighted by Gasteiger charge is -2.21. The molecule has 2 aromatic rings. The maximum absolute atomic E-state index is 12.6. The fourth-order valence-corrected chi connectivity index (χ4v) is 3.31. The summed E-state index contributed by atoms with van der Waals surface area (Å²) in [6.45, 7) is 1.94. The average Bonchev–Trinajstić information content (AvgIpc) is 2.59. The van der Waals surface area contributed by atoms with E-state index in [2.05, 4.69) is 33.4 Å². The molecule has 7 heteroatoms. The number of hydrogen-bond acceptors (Lipinski definition) is 3. The number of anilines is 1. The highest BCUT2D eigenvalue weighted by molar-refractivity contribution is 9.10. The van der Waals surface area contributed by atoms with Gasteiger partial charge in [0.15, 0.2) is 0 Å². The zero-order valence-electron chi connectivity index (χ0n) is 15.1. The maximum atomic E-state index is 12.6. The second-order valence-electron chi connectivity index (χ2n) is 6.29. The number of rotatable bonds is 7. The van der Waals surface area contributed by atoms with Crippen LogP contribution in [0.4, 0.5) is 5.69 Å². The van der Waals surface area contributed by atoms with Crippen LogP contribution in [-0.4, -0.2) is 33.7 Å². The van der Waals surface area contributed by atoms with Crippen LogP contribution >= 0.6 is 15.9 Å². The number of carbonyl (C=O) groups excluding carboxylic acids is 1. The number of benzene rings is 2. The third-order valence-corrected chi connectivity index (χ3v) is 5.86. The van der Waals surface area contributed by atoms with E-state index in [-0.39, 0.29) is 11.9 Å². The molecule has 0 saturated carbocycles. The molecule has 0 bridgehead atoms. The highest BCUT2D eigenvalue weighted by Gasteiger charge is 2.20. The lowest BCUT2D eigenvalue weighted by molar-refractivity contribution is 0.0939. The first-order valence-corrected chi connectivity index (χ1v) is 10.9. The molecular weight excluding hydrogens is 416 g/mol. The van der Waals surface area contributed by atoms with Crippen LogP contribution in [-0.2, 0) is 16.4 Å². The lowest BCUT2D eigenvalue weighted by atomic mass is 10.1. The van der Waals surface area contributed by atoms with Gasteiger partial charge < -0.3 is 5.32 Å². The summed E-state index contributed by atoms with van der Waals surface area (Å²) >= 11 is 3.41. The van der Waals surface area contributed by atoms with Gasteiger partial charge >= 0.3 is 0 Å². The predicted octanol–water partition coefficient (Wildman–Crippen LogP) is 3.60. The van der Waals surface area contributed by atoms with E-state index < -0.39 is 10.0 Å². The van der Waals surface area contributed by atoms with E-state index in [0.717, 1.165) is 27.9 Å². The van der Waals surface area contributed by atoms with Crippen molar-refractivity contribution in [2.24, 2.45) is 0 Å². The molecule has 1 atom stereocenters. The molecule has 0 aliphatic carbocycles. The summed E-state index contributed by atoms with van der Waals surface area (Å²) in [7, 11) is -2.00. The minimum atomic E-state index is -3.44. The molecule has 0 aromatic heterocycles. The Bertz CT molecular complexity index is 867. The second-order valence-corrected chi connectivity index (χ2v) is 9.22. The van der Waals surface area contributed by atoms with Crippen molar-refractivity contribution in [1.29, 1.82) is 0 Å². The largest absolute Gasteiger partial charge is 0.350 e. The minimum Gasteiger partial charge on any atom is -0.350 e. The van der Waals surface area contributed by atoms with Crippen LogP contribution in [0, 0.1) is 0 Å². The topological polar surface area (TPSA) is 66.5 Å². The highest BCUT2D eigenvalue weighted by Crippen LogP contribution is 2.21. The summed E-state index contributed by atoms with van der Waals surface area (Å²) in [6.07, 6.45) is 2.75. The predicted molar refractivity (Wildman–Crippen MR) is 109 cm³/mol. The van der Waals surface area contributed by atoms with E-state index in [1.807, 2.05) is 19.1 Å². The Kier molecular flexibility index (Phi) is 6.83. The van der Waals surface area contributed by atoms with Gasteiger partial charge in [0, 0.05) is 17.6 Å². The monoisotopic (exact) mass is 438 g/mol. The first-order chi connectivity index (χ1) is 12.2. The van der Waals surface area contributed by atoms with Gasteiger partial charge in [0.2, 0.25) is 10.0 Å². The molecule has 2 rings (SSSR count). The normalized spacial score (nSPS) is 12.5. The Labute approximate surface area is 163 Å². The van der Waals surface area contributed by atoms with Gasteiger partial charge in [0.05, 0.1) is 17.5 Å². The number of nitrogens with zero attached hydrogens (tertiary/aromatic N) is 1. The van der Waals surface area contributed by atoms with Crippen molar-refractivity contribution >= 4 is 37.5 Å². The number of halogens is 1. The van der Waals surface area contributed by atoms with E-state index in [0.29, 0.717) is 11.3 Å². The molecule has 0 fully saturated rings. The van der Waals surface area contributed by atoms with E-state index >= 15 is 0 Å². The molecule has 0 radical (unpaired) electrons. The number of sulfonamides is 1. The summed E-state index contributed by atoms with van der Waals surface area (Å²) in [6, 6.07) is 14.8. The quantitative estimate of drug-likeness (QED) is 0.717. The van der Waals surface area contributed by atoms with Crippen LogP contribution in [0.25, 0.3) is 0 Å². The Balaban J connectivity index is 2.04. The Morgan fingerprint density at radius 1 is 1.15 bits per heavy atom. The third-order valence-electron chi connectivity index (χ3n) is 4.14. The van der Waals surface area contributed by atoms with Crippen LogP contribution in [0.1, 0.15) is 29.3 Å². The number of carbonyl (C=O) groups is 1. The average molecular weight is 439 g/mol. The molecule has 0 saturated heterocycles. The molecule has 1 N–H and O–H groups in total. The molecule has 0 aliphatic rings. The molecule has 2 aromatic carbocycles. The van der Waals surface area contributed by atoms with Crippen molar-refractivity contribution in [2.75, 3.05) is 17.6 Å². The van der Waals surface area contributed by atoms with E-state index in [1.165, 1.54) is 12.6 Å². The van der Waals surface area contributed by atoms with Crippen molar-refractivity contribution in [2.45, 2.75) is 25.8 Å². The number of aryl methyl sites for hydroxylation is 1. The van der Waals surface area contributed by atoms with Crippen molar-refractivity contribution < 1.29 is 13.2 Å². The van der Waals surface area contributed by atoms with Crippen molar-refractivity contribution in [3.05, 3.63) is 64.1 Å². The summed E-state index contributed by atoms with van der Waals surface area (Å²) < 4.78 is 25.8. The van der Waals surface area contributed by atoms with Gasteiger partial charge in [-0.1, -0.05) is 40.2 Å². The Hall–Kier alpha value is -1.86. The summed E-state index contributed by atoms with van der Waals surface area (Å²) in [4.78, 5) is 12.6. The highest BCUT2D eigenvalue weighted by atomic mass is 79.9. The van der Waals surface area contributed by atoms with Crippen LogP contribution in [0.3, 0.4) is 0 Å². The van der Waals surface area contributed by atoms with Gasteiger partial charge in [0.1, 0.15) is 0 Å². The minimum absolute atomic E-state index is 0.0391. The third kappa shape index (κ3) is 5.57. The van der Waals surface area contributed by atoms with Crippen molar-refractivity contribution in [1.82, 2.24) is 5.32 Å². The first-order valence-electron chi connectivity index (χ1n) is 8.26. The first kappa shape index (κ1) is 20.5. The van der Waals surface area contributed by atoms with Crippen molar-refractivity contribution in [3.63, 3.8) is 0 Å². The van der Waals surface area contributed by atoms with Gasteiger partial charge in [-0.2, -0.15) is 0 Å². The second kappa shape index (κ2) is 8.68. The summed E-state index contributed by atoms with van der Waals surface area (Å²) in [5.74, 6) is -0.278. The summed E-state index contributed by atoms with van der Waals surface area (Å²) in [5.41, 5.74) is 1.91. The number of nitrogens with one attached hydrogen (secondary N) is 1. The van der Waals surface area contributed by atoms with Gasteiger partial charge in [-0.25, -0.2) is 8.42 Å². The number of para-hydroxylation sites is 1. The van der Waals surface area contributed by atoms with E-state index in [4.69, 9.17) is 0 Å². The molecule has 140 valence electrons. The van der Waals surface area contributed by atoms with Crippen LogP contribution < -0.4 is 9.62 Å². The van der Waals surface area contributed by atoms with Crippen molar-refractivity contribution in [3.8, 4) is 0 Å². The van der Waals surface area contributed by atoms with Gasteiger partial charge in [-0.3, -0.25) is 9.10 Å². The van der Waals surface area contributed by atoms with Gasteiger partial charge in [-0.05, 0) is 49.6 Å². The maximum Gasteiger partial charge on any atom is 0.253 e. The van der Waals surface area contributed by atoms with Crippen LogP contribution in [0.15, 0.2) is 53.0 Å². The van der Waals surface area contributed by atoms with Gasteiger partial charge in [0.25, 0.3) is 5.91 Å². The smallest absolute Gasteiger partial charge is 0.253 e. The van der Waals surface area contributed by atoms with Gasteiger partial charge in [-0.15, -0.1) is 0 Å². The molecule has 26 heavy (non-hydrogen) atoms. The van der Waals surface area contributed by atoms with Crippen LogP contribution in [0.5, 0.6) is 0 Å². The SMILES string of the molecule is CC(CCc1ccc(Br)cc1)NC(=O)c1ccccc1N(C)S(C)(=O)=O. The molecule has 0 aliphatic heterocycles. The molecule has 5 nitrogen and oxygen atoms in total. The molecule has 1 unspecified atom stereocenters. The molecule has 0 heterocycles. The Morgan fingerprint density at radius 2 is 1.77 bits per heavy atom. The number of hydrogen-bond donors (Lipinski definition) is 1. The zero-order chi connectivity index (χ0) is 19.3. The molecule has 1 amide bonds. The van der Waals surface area contributed by atoms with E-state index in [9.17, 15) is 13.2 Å². The molecular formula is C19H23BrN2O3S. The zero-order valence-corrected chi connectivity index (χ0v) is 17.5. The standard InChI is InChI=1S/C19H23BrN2O3S/c1-14(8-9-15-10-12-16(20)13-11-15)21-19(23)17-6-4-5-7-18(17)22(2)26(3,24)25/h4-7,10-14H,8-9H2,1-3H3,(H,21,23). The van der Waals surface area contributed by atoms with Crippen LogP contribution in [0.2, 0.25) is 0 Å². The Morgan fingerprint density at radius 3 is 2.38 bits per heavy atom. The van der Waals surface area contributed by atoms with E-state index in [1.54, 1.807) is 24.3 Å². The number of amides is 1.